The molecule has 0 amide bonds. The topological polar surface area (TPSA) is 23.5 Å². The smallest absolute Gasteiger partial charge is 0.251 e. The van der Waals surface area contributed by atoms with Gasteiger partial charge in [-0.2, -0.15) is 0 Å². The summed E-state index contributed by atoms with van der Waals surface area (Å²) in [5.41, 5.74) is 0.212. The van der Waals surface area contributed by atoms with Crippen molar-refractivity contribution < 1.29 is 13.9 Å². The molecule has 0 aromatic carbocycles. The molecule has 112 valence electrons. The second-order valence-corrected chi connectivity index (χ2v) is 6.40. The van der Waals surface area contributed by atoms with Crippen LogP contribution in [0, 0.1) is 5.41 Å². The monoisotopic (exact) mass is 275 g/mol. The number of halogens is 2. The van der Waals surface area contributed by atoms with Crippen LogP contribution in [0.1, 0.15) is 58.3 Å². The fourth-order valence-corrected chi connectivity index (χ4v) is 4.28. The van der Waals surface area contributed by atoms with E-state index in [9.17, 15) is 13.9 Å². The molecule has 2 fully saturated rings. The van der Waals surface area contributed by atoms with E-state index in [1.807, 2.05) is 11.8 Å². The third kappa shape index (κ3) is 3.46. The summed E-state index contributed by atoms with van der Waals surface area (Å²) in [6.07, 6.45) is 5.65. The van der Waals surface area contributed by atoms with E-state index in [-0.39, 0.29) is 24.1 Å². The van der Waals surface area contributed by atoms with Crippen molar-refractivity contribution in [1.82, 2.24) is 4.90 Å². The maximum atomic E-state index is 12.8. The molecule has 2 atom stereocenters. The van der Waals surface area contributed by atoms with E-state index in [1.165, 1.54) is 12.8 Å². The van der Waals surface area contributed by atoms with Crippen LogP contribution in [-0.4, -0.2) is 41.7 Å². The standard InChI is InChI=1S/C15H27F2NO/c1-2-9-18(11-14(16)17)13-10-12(19)5-8-15(13)6-3-4-7-15/h12-14,19H,2-11H2,1H3. The number of rotatable bonds is 5. The average molecular weight is 275 g/mol. The molecule has 2 unspecified atom stereocenters. The molecule has 0 saturated heterocycles. The Bertz CT molecular complexity index is 279. The number of alkyl halides is 2. The molecule has 0 aliphatic heterocycles. The molecule has 0 aromatic heterocycles. The fourth-order valence-electron chi connectivity index (χ4n) is 4.28. The molecule has 2 aliphatic carbocycles. The van der Waals surface area contributed by atoms with Crippen LogP contribution in [0.5, 0.6) is 0 Å². The predicted octanol–water partition coefficient (Wildman–Crippen LogP) is 3.44. The van der Waals surface area contributed by atoms with Crippen LogP contribution in [0.3, 0.4) is 0 Å². The van der Waals surface area contributed by atoms with E-state index < -0.39 is 6.43 Å². The average Bonchev–Trinajstić information content (AvgIpc) is 2.81. The Morgan fingerprint density at radius 3 is 2.53 bits per heavy atom. The van der Waals surface area contributed by atoms with Gasteiger partial charge in [-0.25, -0.2) is 8.78 Å². The summed E-state index contributed by atoms with van der Waals surface area (Å²) >= 11 is 0. The van der Waals surface area contributed by atoms with Gasteiger partial charge in [0, 0.05) is 6.04 Å². The number of hydrogen-bond donors (Lipinski definition) is 1. The van der Waals surface area contributed by atoms with Gasteiger partial charge in [0.25, 0.3) is 6.43 Å². The second kappa shape index (κ2) is 6.49. The summed E-state index contributed by atoms with van der Waals surface area (Å²) in [4.78, 5) is 1.97. The van der Waals surface area contributed by atoms with Crippen molar-refractivity contribution in [3.05, 3.63) is 0 Å². The van der Waals surface area contributed by atoms with Crippen molar-refractivity contribution in [2.45, 2.75) is 76.9 Å². The fraction of sp³-hybridized carbons (Fsp3) is 1.00. The molecular weight excluding hydrogens is 248 g/mol. The van der Waals surface area contributed by atoms with Crippen LogP contribution in [0.4, 0.5) is 8.78 Å². The van der Waals surface area contributed by atoms with Gasteiger partial charge in [0.15, 0.2) is 0 Å². The van der Waals surface area contributed by atoms with Gasteiger partial charge < -0.3 is 5.11 Å². The number of aliphatic hydroxyl groups excluding tert-OH is 1. The van der Waals surface area contributed by atoms with Crippen LogP contribution >= 0.6 is 0 Å². The normalized spacial score (nSPS) is 30.6. The largest absolute Gasteiger partial charge is 0.393 e. The summed E-state index contributed by atoms with van der Waals surface area (Å²) in [6, 6.07) is 0.160. The van der Waals surface area contributed by atoms with Crippen LogP contribution < -0.4 is 0 Å². The summed E-state index contributed by atoms with van der Waals surface area (Å²) in [5.74, 6) is 0. The minimum atomic E-state index is -2.27. The van der Waals surface area contributed by atoms with E-state index >= 15 is 0 Å². The molecule has 0 aromatic rings. The van der Waals surface area contributed by atoms with Gasteiger partial charge in [-0.3, -0.25) is 4.90 Å². The third-order valence-electron chi connectivity index (χ3n) is 5.10. The molecule has 0 radical (unpaired) electrons. The first-order valence-corrected chi connectivity index (χ1v) is 7.77. The van der Waals surface area contributed by atoms with Crippen molar-refractivity contribution in [1.29, 1.82) is 0 Å². The van der Waals surface area contributed by atoms with E-state index in [4.69, 9.17) is 0 Å². The molecule has 0 bridgehead atoms. The van der Waals surface area contributed by atoms with E-state index in [2.05, 4.69) is 0 Å². The number of hydrogen-bond acceptors (Lipinski definition) is 2. The van der Waals surface area contributed by atoms with Crippen molar-refractivity contribution >= 4 is 0 Å². The first-order chi connectivity index (χ1) is 9.07. The molecule has 2 saturated carbocycles. The molecule has 19 heavy (non-hydrogen) atoms. The quantitative estimate of drug-likeness (QED) is 0.831. The van der Waals surface area contributed by atoms with Gasteiger partial charge in [-0.05, 0) is 50.5 Å². The summed E-state index contributed by atoms with van der Waals surface area (Å²) in [6.45, 7) is 2.63. The molecule has 0 heterocycles. The van der Waals surface area contributed by atoms with Gasteiger partial charge in [-0.15, -0.1) is 0 Å². The Balaban J connectivity index is 2.14. The summed E-state index contributed by atoms with van der Waals surface area (Å²) in [5, 5.41) is 9.96. The lowest BCUT2D eigenvalue weighted by Crippen LogP contribution is -2.53. The van der Waals surface area contributed by atoms with E-state index in [0.29, 0.717) is 6.42 Å². The highest BCUT2D eigenvalue weighted by molar-refractivity contribution is 5.00. The highest BCUT2D eigenvalue weighted by Gasteiger charge is 2.47. The van der Waals surface area contributed by atoms with Crippen LogP contribution in [0.2, 0.25) is 0 Å². The number of nitrogens with zero attached hydrogens (tertiary/aromatic N) is 1. The van der Waals surface area contributed by atoms with Crippen LogP contribution in [0.25, 0.3) is 0 Å². The Morgan fingerprint density at radius 1 is 1.26 bits per heavy atom. The zero-order valence-electron chi connectivity index (χ0n) is 12.0. The molecule has 2 rings (SSSR count). The van der Waals surface area contributed by atoms with Crippen molar-refractivity contribution in [3.63, 3.8) is 0 Å². The highest BCUT2D eigenvalue weighted by atomic mass is 19.3. The maximum Gasteiger partial charge on any atom is 0.251 e. The first-order valence-electron chi connectivity index (χ1n) is 7.77. The van der Waals surface area contributed by atoms with Gasteiger partial charge >= 0.3 is 0 Å². The highest BCUT2D eigenvalue weighted by Crippen LogP contribution is 2.51. The molecule has 4 heteroatoms. The van der Waals surface area contributed by atoms with Crippen LogP contribution in [0.15, 0.2) is 0 Å². The van der Waals surface area contributed by atoms with Gasteiger partial charge in [0.1, 0.15) is 0 Å². The molecule has 1 spiro atoms. The predicted molar refractivity (Wildman–Crippen MR) is 72.4 cm³/mol. The first kappa shape index (κ1) is 15.2. The minimum absolute atomic E-state index is 0.132. The Labute approximate surface area is 115 Å². The lowest BCUT2D eigenvalue weighted by Gasteiger charge is -2.49. The molecular formula is C15H27F2NO. The SMILES string of the molecule is CCCN(CC(F)F)C1CC(O)CCC12CCCC2. The van der Waals surface area contributed by atoms with Crippen molar-refractivity contribution in [2.24, 2.45) is 5.41 Å². The maximum absolute atomic E-state index is 12.8. The lowest BCUT2D eigenvalue weighted by molar-refractivity contribution is -0.0453. The molecule has 2 nitrogen and oxygen atoms in total. The van der Waals surface area contributed by atoms with E-state index in [0.717, 1.165) is 38.6 Å². The third-order valence-corrected chi connectivity index (χ3v) is 5.10. The lowest BCUT2D eigenvalue weighted by atomic mass is 9.67. The Morgan fingerprint density at radius 2 is 1.95 bits per heavy atom. The molecule has 1 N–H and O–H groups in total. The molecule has 2 aliphatic rings. The summed E-state index contributed by atoms with van der Waals surface area (Å²) < 4.78 is 25.7. The zero-order valence-corrected chi connectivity index (χ0v) is 12.0. The summed E-state index contributed by atoms with van der Waals surface area (Å²) in [7, 11) is 0. The van der Waals surface area contributed by atoms with Crippen LogP contribution in [-0.2, 0) is 0 Å². The Kier molecular flexibility index (Phi) is 5.18. The Hall–Kier alpha value is -0.220. The van der Waals surface area contributed by atoms with Crippen molar-refractivity contribution in [3.8, 4) is 0 Å². The second-order valence-electron chi connectivity index (χ2n) is 6.40. The van der Waals surface area contributed by atoms with Gasteiger partial charge in [0.05, 0.1) is 12.6 Å². The minimum Gasteiger partial charge on any atom is -0.393 e. The van der Waals surface area contributed by atoms with Crippen molar-refractivity contribution in [2.75, 3.05) is 13.1 Å². The van der Waals surface area contributed by atoms with Gasteiger partial charge in [0.2, 0.25) is 0 Å². The zero-order chi connectivity index (χ0) is 13.9. The van der Waals surface area contributed by atoms with E-state index in [1.54, 1.807) is 0 Å². The van der Waals surface area contributed by atoms with Gasteiger partial charge in [-0.1, -0.05) is 19.8 Å². The number of aliphatic hydroxyl groups is 1.